The third kappa shape index (κ3) is 8.22. The van der Waals surface area contributed by atoms with Gasteiger partial charge in [0.15, 0.2) is 30.9 Å². The molecule has 0 aliphatic carbocycles. The predicted molar refractivity (Wildman–Crippen MR) is 155 cm³/mol. The molecule has 0 radical (unpaired) electrons. The van der Waals surface area contributed by atoms with E-state index in [1.54, 1.807) is 0 Å². The van der Waals surface area contributed by atoms with Crippen molar-refractivity contribution >= 4 is 32.4 Å². The van der Waals surface area contributed by atoms with Crippen LogP contribution in [0.3, 0.4) is 0 Å². The predicted octanol–water partition coefficient (Wildman–Crippen LogP) is 1.64. The SMILES string of the molecule is CO[C@@H]1O[C@@H]2CO[Si](C(C)(C)C)(C(C)(C)C)O[C@@H]2[C@H](O[C@@H]2O[C@H](COC(C)=O)[C@@H](OC(C)=O)[C@H](OC(C)=O)[C@H]2OC(C)=O)[C@H]1O. The van der Waals surface area contributed by atoms with E-state index in [1.807, 2.05) is 41.5 Å². The number of aliphatic hydroxyl groups excluding tert-OH is 1. The fourth-order valence-corrected chi connectivity index (χ4v) is 11.3. The van der Waals surface area contributed by atoms with Crippen LogP contribution in [0.5, 0.6) is 0 Å². The van der Waals surface area contributed by atoms with E-state index in [4.69, 9.17) is 46.7 Å². The molecule has 0 aromatic rings. The van der Waals surface area contributed by atoms with Crippen molar-refractivity contribution in [1.82, 2.24) is 0 Å². The maximum atomic E-state index is 12.3. The van der Waals surface area contributed by atoms with E-state index in [9.17, 15) is 24.3 Å². The summed E-state index contributed by atoms with van der Waals surface area (Å²) >= 11 is 0. The van der Waals surface area contributed by atoms with Crippen LogP contribution in [0.2, 0.25) is 10.1 Å². The van der Waals surface area contributed by atoms with Crippen molar-refractivity contribution in [1.29, 1.82) is 0 Å². The minimum Gasteiger partial charge on any atom is -0.463 e. The second-order valence-corrected chi connectivity index (χ2v) is 18.2. The number of ether oxygens (including phenoxy) is 8. The molecule has 3 aliphatic rings. The molecule has 0 amide bonds. The first-order chi connectivity index (χ1) is 20.7. The largest absolute Gasteiger partial charge is 0.463 e. The molecule has 15 nitrogen and oxygen atoms in total. The Bertz CT molecular complexity index is 1070. The van der Waals surface area contributed by atoms with Crippen LogP contribution in [0.4, 0.5) is 0 Å². The van der Waals surface area contributed by atoms with E-state index in [0.717, 1.165) is 20.8 Å². The summed E-state index contributed by atoms with van der Waals surface area (Å²) in [6.45, 7) is 16.4. The van der Waals surface area contributed by atoms with Gasteiger partial charge in [0.25, 0.3) is 0 Å². The molecular formula is C29H48O15Si. The van der Waals surface area contributed by atoms with Gasteiger partial charge in [-0.15, -0.1) is 0 Å². The highest BCUT2D eigenvalue weighted by atomic mass is 28.4. The molecule has 0 unspecified atom stereocenters. The molecule has 258 valence electrons. The summed E-state index contributed by atoms with van der Waals surface area (Å²) in [5, 5.41) is 10.6. The molecule has 16 heteroatoms. The summed E-state index contributed by atoms with van der Waals surface area (Å²) < 4.78 is 59.1. The van der Waals surface area contributed by atoms with Gasteiger partial charge in [-0.2, -0.15) is 0 Å². The van der Waals surface area contributed by atoms with E-state index >= 15 is 0 Å². The smallest absolute Gasteiger partial charge is 0.349 e. The van der Waals surface area contributed by atoms with Crippen LogP contribution in [-0.2, 0) is 65.9 Å². The molecule has 3 rings (SSSR count). The van der Waals surface area contributed by atoms with Crippen molar-refractivity contribution in [3.8, 4) is 0 Å². The molecule has 3 heterocycles. The van der Waals surface area contributed by atoms with Gasteiger partial charge in [-0.25, -0.2) is 0 Å². The van der Waals surface area contributed by atoms with Gasteiger partial charge in [0, 0.05) is 44.9 Å². The first-order valence-corrected chi connectivity index (χ1v) is 16.7. The molecule has 0 aromatic carbocycles. The molecule has 3 fully saturated rings. The Morgan fingerprint density at radius 3 is 1.78 bits per heavy atom. The van der Waals surface area contributed by atoms with Crippen molar-refractivity contribution in [2.45, 2.75) is 141 Å². The van der Waals surface area contributed by atoms with Gasteiger partial charge in [0.1, 0.15) is 37.1 Å². The van der Waals surface area contributed by atoms with Gasteiger partial charge in [-0.3, -0.25) is 19.2 Å². The molecule has 45 heavy (non-hydrogen) atoms. The van der Waals surface area contributed by atoms with Crippen LogP contribution in [0.25, 0.3) is 0 Å². The zero-order valence-corrected chi connectivity index (χ0v) is 28.9. The number of carbonyl (C=O) groups excluding carboxylic acids is 4. The maximum absolute atomic E-state index is 12.3. The molecule has 3 saturated heterocycles. The van der Waals surface area contributed by atoms with Crippen molar-refractivity contribution in [3.63, 3.8) is 0 Å². The minimum atomic E-state index is -3.13. The van der Waals surface area contributed by atoms with Gasteiger partial charge in [0.05, 0.1) is 6.61 Å². The molecule has 3 aliphatic heterocycles. The van der Waals surface area contributed by atoms with Crippen LogP contribution in [0.1, 0.15) is 69.2 Å². The third-order valence-corrected chi connectivity index (χ3v) is 12.9. The van der Waals surface area contributed by atoms with Crippen LogP contribution in [-0.4, -0.2) is 119 Å². The number of fused-ring (bicyclic) bond motifs is 1. The summed E-state index contributed by atoms with van der Waals surface area (Å²) in [6, 6.07) is 0. The van der Waals surface area contributed by atoms with Gasteiger partial charge < -0.3 is 51.9 Å². The van der Waals surface area contributed by atoms with E-state index < -0.39 is 111 Å². The van der Waals surface area contributed by atoms with Crippen molar-refractivity contribution in [2.75, 3.05) is 20.3 Å². The Balaban J connectivity index is 2.10. The third-order valence-electron chi connectivity index (χ3n) is 7.81. The average molecular weight is 665 g/mol. The highest BCUT2D eigenvalue weighted by molar-refractivity contribution is 6.73. The van der Waals surface area contributed by atoms with E-state index in [2.05, 4.69) is 0 Å². The van der Waals surface area contributed by atoms with Crippen molar-refractivity contribution in [2.24, 2.45) is 0 Å². The second-order valence-electron chi connectivity index (χ2n) is 13.4. The summed E-state index contributed by atoms with van der Waals surface area (Å²) in [4.78, 5) is 48.4. The highest BCUT2D eigenvalue weighted by Gasteiger charge is 2.65. The number of aliphatic hydroxyl groups is 1. The fourth-order valence-electron chi connectivity index (χ4n) is 6.31. The number of carbonyl (C=O) groups is 4. The normalized spacial score (nSPS) is 35.0. The van der Waals surface area contributed by atoms with Crippen LogP contribution < -0.4 is 0 Å². The monoisotopic (exact) mass is 664 g/mol. The first-order valence-electron chi connectivity index (χ1n) is 14.9. The average Bonchev–Trinajstić information content (AvgIpc) is 2.89. The van der Waals surface area contributed by atoms with E-state index in [-0.39, 0.29) is 6.61 Å². The van der Waals surface area contributed by atoms with E-state index in [1.165, 1.54) is 14.0 Å². The summed E-state index contributed by atoms with van der Waals surface area (Å²) in [5.41, 5.74) is 0. The lowest BCUT2D eigenvalue weighted by atomic mass is 9.96. The molecule has 1 N–H and O–H groups in total. The second kappa shape index (κ2) is 14.3. The van der Waals surface area contributed by atoms with Gasteiger partial charge in [0.2, 0.25) is 0 Å². The van der Waals surface area contributed by atoms with Crippen molar-refractivity contribution < 1.29 is 71.0 Å². The molecule has 0 spiro atoms. The summed E-state index contributed by atoms with van der Waals surface area (Å²) in [5.74, 6) is -2.99. The first kappa shape index (κ1) is 37.3. The topological polar surface area (TPSA) is 181 Å². The molecule has 0 saturated carbocycles. The van der Waals surface area contributed by atoms with Crippen LogP contribution in [0.15, 0.2) is 0 Å². The Labute approximate surface area is 264 Å². The number of methoxy groups -OCH3 is 1. The van der Waals surface area contributed by atoms with E-state index in [0.29, 0.717) is 0 Å². The number of esters is 4. The van der Waals surface area contributed by atoms with Crippen LogP contribution in [0, 0.1) is 0 Å². The molecule has 0 bridgehead atoms. The number of hydrogen-bond donors (Lipinski definition) is 1. The number of rotatable bonds is 8. The Kier molecular flexibility index (Phi) is 11.8. The summed E-state index contributed by atoms with van der Waals surface area (Å²) in [6.07, 6.45) is -12.5. The lowest BCUT2D eigenvalue weighted by molar-refractivity contribution is -0.362. The Morgan fingerprint density at radius 2 is 1.29 bits per heavy atom. The minimum absolute atomic E-state index is 0.121. The number of hydrogen-bond acceptors (Lipinski definition) is 15. The Hall–Kier alpha value is -2.18. The van der Waals surface area contributed by atoms with Gasteiger partial charge in [-0.1, -0.05) is 41.5 Å². The standard InChI is InChI=1S/C29H48O15Si/c1-14(30)36-12-18-21(38-15(2)31)24(39-16(3)32)25(40-17(4)33)27(42-18)43-23-20(34)26(35-11)41-19-13-37-45(28(5,6)7,29(8,9)10)44-22(19)23/h18-27,34H,12-13H2,1-11H3/t18-,19-,20-,21-,22+,23-,24+,25-,26-,27+/m1/s1. The van der Waals surface area contributed by atoms with Gasteiger partial charge in [-0.05, 0) is 0 Å². The zero-order valence-electron chi connectivity index (χ0n) is 27.9. The quantitative estimate of drug-likeness (QED) is 0.225. The fraction of sp³-hybridized carbons (Fsp3) is 0.862. The molecule has 10 atom stereocenters. The summed E-state index contributed by atoms with van der Waals surface area (Å²) in [7, 11) is -1.78. The lowest BCUT2D eigenvalue weighted by Crippen LogP contribution is -2.72. The van der Waals surface area contributed by atoms with Gasteiger partial charge >= 0.3 is 32.4 Å². The maximum Gasteiger partial charge on any atom is 0.349 e. The lowest BCUT2D eigenvalue weighted by Gasteiger charge is -2.58. The molecular weight excluding hydrogens is 616 g/mol. The van der Waals surface area contributed by atoms with Crippen molar-refractivity contribution in [3.05, 3.63) is 0 Å². The molecule has 0 aromatic heterocycles. The zero-order chi connectivity index (χ0) is 34.1. The van der Waals surface area contributed by atoms with Crippen LogP contribution >= 0.6 is 0 Å². The Morgan fingerprint density at radius 1 is 0.756 bits per heavy atom. The highest BCUT2D eigenvalue weighted by Crippen LogP contribution is 2.55.